The lowest BCUT2D eigenvalue weighted by atomic mass is 9.72. The lowest BCUT2D eigenvalue weighted by Crippen LogP contribution is -2.51. The van der Waals surface area contributed by atoms with E-state index in [2.05, 4.69) is 10.6 Å². The molecule has 40 heavy (non-hydrogen) atoms. The van der Waals surface area contributed by atoms with Gasteiger partial charge in [-0.15, -0.1) is 0 Å². The fourth-order valence-corrected chi connectivity index (χ4v) is 8.30. The summed E-state index contributed by atoms with van der Waals surface area (Å²) in [6.07, 6.45) is 1.20. The smallest absolute Gasteiger partial charge is 0.255 e. The number of aliphatic hydroxyl groups is 1. The monoisotopic (exact) mass is 602 g/mol. The zero-order valence-electron chi connectivity index (χ0n) is 21.8. The van der Waals surface area contributed by atoms with Crippen LogP contribution in [-0.4, -0.2) is 55.9 Å². The number of hydrogen-bond acceptors (Lipinski definition) is 6. The van der Waals surface area contributed by atoms with Crippen LogP contribution in [0.3, 0.4) is 0 Å². The number of sulfone groups is 1. The van der Waals surface area contributed by atoms with Crippen molar-refractivity contribution >= 4 is 38.9 Å². The second-order valence-corrected chi connectivity index (χ2v) is 13.2. The molecule has 8 nitrogen and oxygen atoms in total. The molecule has 2 aromatic carbocycles. The molecule has 0 aromatic heterocycles. The summed E-state index contributed by atoms with van der Waals surface area (Å²) in [6.45, 7) is 2.09. The van der Waals surface area contributed by atoms with Gasteiger partial charge in [0.05, 0.1) is 33.8 Å². The first kappa shape index (κ1) is 30.3. The molecule has 2 amide bonds. The van der Waals surface area contributed by atoms with Crippen molar-refractivity contribution in [3.63, 3.8) is 0 Å². The highest BCUT2D eigenvalue weighted by Crippen LogP contribution is 2.53. The van der Waals surface area contributed by atoms with Crippen LogP contribution in [0, 0.1) is 29.3 Å². The van der Waals surface area contributed by atoms with Gasteiger partial charge in [-0.1, -0.05) is 11.6 Å². The fourth-order valence-electron chi connectivity index (χ4n) is 5.90. The summed E-state index contributed by atoms with van der Waals surface area (Å²) in [5.74, 6) is -6.76. The van der Waals surface area contributed by atoms with Crippen LogP contribution in [0.1, 0.15) is 49.4 Å². The second kappa shape index (κ2) is 11.7. The molecule has 2 aliphatic rings. The van der Waals surface area contributed by atoms with Crippen molar-refractivity contribution < 1.29 is 41.0 Å². The number of amides is 2. The number of methoxy groups -OCH3 is 1. The zero-order chi connectivity index (χ0) is 29.4. The van der Waals surface area contributed by atoms with E-state index in [1.807, 2.05) is 0 Å². The van der Waals surface area contributed by atoms with Crippen LogP contribution >= 0.6 is 11.6 Å². The number of anilines is 1. The van der Waals surface area contributed by atoms with Gasteiger partial charge in [0.25, 0.3) is 5.91 Å². The minimum absolute atomic E-state index is 0.108. The quantitative estimate of drug-likeness (QED) is 0.369. The van der Waals surface area contributed by atoms with Crippen molar-refractivity contribution in [3.8, 4) is 0 Å². The molecule has 13 heteroatoms. The Bertz CT molecular complexity index is 1390. The third kappa shape index (κ3) is 6.00. The van der Waals surface area contributed by atoms with Crippen molar-refractivity contribution in [2.24, 2.45) is 11.8 Å². The number of carbonyl (C=O) groups excluding carboxylic acids is 2. The molecule has 0 heterocycles. The van der Waals surface area contributed by atoms with E-state index in [1.165, 1.54) is 19.2 Å². The third-order valence-electron chi connectivity index (χ3n) is 7.82. The van der Waals surface area contributed by atoms with Gasteiger partial charge in [0.2, 0.25) is 5.91 Å². The number of benzene rings is 2. The molecule has 2 bridgehead atoms. The molecule has 2 fully saturated rings. The lowest BCUT2D eigenvalue weighted by molar-refractivity contribution is -0.133. The molecule has 218 valence electrons. The first-order valence-electron chi connectivity index (χ1n) is 12.8. The first-order valence-corrected chi connectivity index (χ1v) is 14.7. The summed E-state index contributed by atoms with van der Waals surface area (Å²) in [7, 11) is -2.57. The number of hydrogen-bond donors (Lipinski definition) is 3. The van der Waals surface area contributed by atoms with Gasteiger partial charge in [0.1, 0.15) is 0 Å². The average molecular weight is 603 g/mol. The number of carbonyl (C=O) groups is 2. The zero-order valence-corrected chi connectivity index (χ0v) is 23.4. The second-order valence-electron chi connectivity index (χ2n) is 10.6. The van der Waals surface area contributed by atoms with E-state index in [0.29, 0.717) is 31.6 Å². The number of rotatable bonds is 9. The molecule has 5 atom stereocenters. The van der Waals surface area contributed by atoms with Crippen LogP contribution in [0.2, 0.25) is 5.02 Å². The standard InChI is InChI=1S/C27H30ClF3N2O6S/c1-14(13-39-2)32-24(34)12-27(36)16-4-5-17(27)9-19(8-16)40(37,38)23-7-15(3-6-20(23)28)26(35)33-18-10-21(29)25(31)22(30)11-18/h3,6-7,10-11,14,16-17,19,36H,4-5,8-9,12-13H2,1-2H3,(H,32,34)(H,33,35)/t14-,16+,17?,19?,27?/m1/s1. The van der Waals surface area contributed by atoms with Gasteiger partial charge in [0, 0.05) is 36.5 Å². The van der Waals surface area contributed by atoms with Crippen molar-refractivity contribution in [3.05, 3.63) is 58.4 Å². The predicted octanol–water partition coefficient (Wildman–Crippen LogP) is 4.24. The van der Waals surface area contributed by atoms with Crippen LogP contribution in [0.5, 0.6) is 0 Å². The summed E-state index contributed by atoms with van der Waals surface area (Å²) in [6, 6.07) is 4.51. The molecule has 0 aliphatic heterocycles. The molecule has 4 rings (SSSR count). The Hall–Kier alpha value is -2.67. The van der Waals surface area contributed by atoms with Gasteiger partial charge in [-0.05, 0) is 62.6 Å². The summed E-state index contributed by atoms with van der Waals surface area (Å²) < 4.78 is 72.8. The molecular weight excluding hydrogens is 573 g/mol. The summed E-state index contributed by atoms with van der Waals surface area (Å²) in [5, 5.41) is 15.4. The first-order chi connectivity index (χ1) is 18.8. The Kier molecular flexibility index (Phi) is 8.84. The highest BCUT2D eigenvalue weighted by Gasteiger charge is 2.56. The molecule has 3 N–H and O–H groups in total. The van der Waals surface area contributed by atoms with Gasteiger partial charge >= 0.3 is 0 Å². The van der Waals surface area contributed by atoms with Crippen LogP contribution < -0.4 is 10.6 Å². The maximum atomic E-state index is 13.7. The van der Waals surface area contributed by atoms with Gasteiger partial charge in [-0.3, -0.25) is 9.59 Å². The van der Waals surface area contributed by atoms with E-state index in [9.17, 15) is 36.3 Å². The topological polar surface area (TPSA) is 122 Å². The number of halogens is 4. The maximum absolute atomic E-state index is 13.7. The summed E-state index contributed by atoms with van der Waals surface area (Å²) >= 11 is 6.25. The SMILES string of the molecule is COC[C@@H](C)NC(=O)CC1(O)C2CC[C@H]1CC(S(=O)(=O)c1cc(C(=O)Nc3cc(F)c(F)c(F)c3)ccc1Cl)C2. The molecule has 2 aliphatic carbocycles. The Balaban J connectivity index is 1.51. The van der Waals surface area contributed by atoms with Crippen molar-refractivity contribution in [1.82, 2.24) is 5.32 Å². The molecule has 0 spiro atoms. The number of ether oxygens (including phenoxy) is 1. The normalized spacial score (nSPS) is 24.9. The van der Waals surface area contributed by atoms with Gasteiger partial charge in [0.15, 0.2) is 27.3 Å². The molecule has 2 saturated carbocycles. The van der Waals surface area contributed by atoms with Crippen LogP contribution in [0.4, 0.5) is 18.9 Å². The van der Waals surface area contributed by atoms with Crippen LogP contribution in [0.25, 0.3) is 0 Å². The molecule has 3 unspecified atom stereocenters. The minimum Gasteiger partial charge on any atom is -0.389 e. The van der Waals surface area contributed by atoms with E-state index in [-0.39, 0.29) is 52.4 Å². The van der Waals surface area contributed by atoms with Crippen molar-refractivity contribution in [1.29, 1.82) is 0 Å². The van der Waals surface area contributed by atoms with Crippen molar-refractivity contribution in [2.75, 3.05) is 19.0 Å². The molecule has 0 radical (unpaired) electrons. The van der Waals surface area contributed by atoms with Gasteiger partial charge in [-0.2, -0.15) is 0 Å². The Labute approximate surface area is 235 Å². The minimum atomic E-state index is -4.08. The van der Waals surface area contributed by atoms with E-state index in [0.717, 1.165) is 6.07 Å². The van der Waals surface area contributed by atoms with E-state index < -0.39 is 55.9 Å². The molecule has 2 aromatic rings. The van der Waals surface area contributed by atoms with Crippen LogP contribution in [0.15, 0.2) is 35.2 Å². The lowest BCUT2D eigenvalue weighted by Gasteiger charge is -2.42. The Morgan fingerprint density at radius 3 is 2.30 bits per heavy atom. The highest BCUT2D eigenvalue weighted by atomic mass is 35.5. The largest absolute Gasteiger partial charge is 0.389 e. The maximum Gasteiger partial charge on any atom is 0.255 e. The Morgan fingerprint density at radius 2 is 1.73 bits per heavy atom. The average Bonchev–Trinajstić information content (AvgIpc) is 3.03. The molecule has 0 saturated heterocycles. The number of nitrogens with one attached hydrogen (secondary N) is 2. The van der Waals surface area contributed by atoms with Crippen molar-refractivity contribution in [2.45, 2.75) is 60.8 Å². The predicted molar refractivity (Wildman–Crippen MR) is 141 cm³/mol. The van der Waals surface area contributed by atoms with E-state index in [4.69, 9.17) is 16.3 Å². The Morgan fingerprint density at radius 1 is 1.12 bits per heavy atom. The number of fused-ring (bicyclic) bond motifs is 2. The van der Waals surface area contributed by atoms with Gasteiger partial charge in [-0.25, -0.2) is 21.6 Å². The summed E-state index contributed by atoms with van der Waals surface area (Å²) in [4.78, 5) is 25.0. The van der Waals surface area contributed by atoms with E-state index >= 15 is 0 Å². The third-order valence-corrected chi connectivity index (χ3v) is 10.5. The fraction of sp³-hybridized carbons (Fsp3) is 0.481. The summed E-state index contributed by atoms with van der Waals surface area (Å²) in [5.41, 5.74) is -1.84. The molecular formula is C27H30ClF3N2O6S. The van der Waals surface area contributed by atoms with E-state index in [1.54, 1.807) is 6.92 Å². The highest BCUT2D eigenvalue weighted by molar-refractivity contribution is 7.92. The van der Waals surface area contributed by atoms with Crippen LogP contribution in [-0.2, 0) is 19.4 Å². The van der Waals surface area contributed by atoms with Gasteiger partial charge < -0.3 is 20.5 Å².